The van der Waals surface area contributed by atoms with Crippen LogP contribution >= 0.6 is 0 Å². The summed E-state index contributed by atoms with van der Waals surface area (Å²) >= 11 is 0. The molecule has 2 heterocycles. The Hall–Kier alpha value is -1.50. The minimum Gasteiger partial charge on any atom is -0.493 e. The van der Waals surface area contributed by atoms with Crippen LogP contribution in [0.4, 0.5) is 4.39 Å². The maximum atomic E-state index is 14.0. The average Bonchev–Trinajstić information content (AvgIpc) is 3.51. The lowest BCUT2D eigenvalue weighted by Gasteiger charge is -2.38. The van der Waals surface area contributed by atoms with Crippen molar-refractivity contribution in [3.05, 3.63) is 30.3 Å². The highest BCUT2D eigenvalue weighted by molar-refractivity contribution is 5.89. The summed E-state index contributed by atoms with van der Waals surface area (Å²) in [5.41, 5.74) is -1.18. The third-order valence-electron chi connectivity index (χ3n) is 5.74. The lowest BCUT2D eigenvalue weighted by Crippen LogP contribution is -2.56. The fourth-order valence-electron chi connectivity index (χ4n) is 4.31. The molecule has 1 saturated carbocycles. The molecule has 2 saturated heterocycles. The van der Waals surface area contributed by atoms with Gasteiger partial charge in [0.05, 0.1) is 25.2 Å². The first kappa shape index (κ1) is 16.9. The molecule has 136 valence electrons. The molecule has 1 aliphatic carbocycles. The largest absolute Gasteiger partial charge is 0.493 e. The Morgan fingerprint density at radius 3 is 2.68 bits per heavy atom. The third-order valence-corrected chi connectivity index (χ3v) is 5.74. The van der Waals surface area contributed by atoms with Gasteiger partial charge in [0.15, 0.2) is 12.0 Å². The van der Waals surface area contributed by atoms with Gasteiger partial charge < -0.3 is 18.9 Å². The first-order valence-corrected chi connectivity index (χ1v) is 8.70. The van der Waals surface area contributed by atoms with Crippen LogP contribution in [0.25, 0.3) is 0 Å². The Labute approximate surface area is 146 Å². The molecule has 25 heavy (non-hydrogen) atoms. The summed E-state index contributed by atoms with van der Waals surface area (Å²) in [5.74, 6) is 0.0330. The molecular weight excluding hydrogens is 327 g/mol. The fourth-order valence-corrected chi connectivity index (χ4v) is 4.31. The van der Waals surface area contributed by atoms with Gasteiger partial charge in [0, 0.05) is 20.0 Å². The Morgan fingerprint density at radius 2 is 2.04 bits per heavy atom. The topological polar surface area (TPSA) is 60.6 Å². The zero-order chi connectivity index (χ0) is 17.7. The van der Waals surface area contributed by atoms with Crippen LogP contribution in [0.5, 0.6) is 5.75 Å². The van der Waals surface area contributed by atoms with Crippen LogP contribution in [0.2, 0.25) is 0 Å². The number of ketones is 1. The number of Topliss-reactive ketones (excluding diaryl/α,β-unsaturated/α-hetero) is 1. The van der Waals surface area contributed by atoms with E-state index in [1.807, 2.05) is 37.3 Å². The molecule has 0 amide bonds. The fraction of sp³-hybridized carbons (Fsp3) is 0.632. The van der Waals surface area contributed by atoms with Crippen molar-refractivity contribution in [1.29, 1.82) is 0 Å². The van der Waals surface area contributed by atoms with Gasteiger partial charge in [0.2, 0.25) is 0 Å². The number of methoxy groups -OCH3 is 1. The maximum Gasteiger partial charge on any atom is 0.196 e. The molecule has 4 rings (SSSR count). The highest BCUT2D eigenvalue weighted by Crippen LogP contribution is 2.58. The Kier molecular flexibility index (Phi) is 4.09. The zero-order valence-corrected chi connectivity index (χ0v) is 14.4. The number of epoxide rings is 2. The quantitative estimate of drug-likeness (QED) is 0.737. The van der Waals surface area contributed by atoms with Gasteiger partial charge in [0.25, 0.3) is 0 Å². The summed E-state index contributed by atoms with van der Waals surface area (Å²) in [6.07, 6.45) is -1.60. The highest BCUT2D eigenvalue weighted by atomic mass is 19.1. The van der Waals surface area contributed by atoms with E-state index >= 15 is 0 Å². The Bertz CT molecular complexity index is 646. The molecule has 0 aromatic heterocycles. The summed E-state index contributed by atoms with van der Waals surface area (Å²) in [7, 11) is 1.45. The first-order chi connectivity index (χ1) is 12.0. The number of carbonyl (C=O) groups is 1. The average molecular weight is 350 g/mol. The lowest BCUT2D eigenvalue weighted by atomic mass is 9.68. The smallest absolute Gasteiger partial charge is 0.196 e. The second-order valence-corrected chi connectivity index (χ2v) is 7.30. The standard InChI is InChI=1S/C19H23FO5/c1-18(14(25-18)8-9-23-12-6-4-3-5-7-12)17-16(22-2)15(21)13(20)10-19(17)11-24-19/h3-7,13-14,16-17H,8-11H2,1-2H3/t13-,14+,16+,17+,18?,19-/m0/s1. The molecule has 3 fully saturated rings. The van der Waals surface area contributed by atoms with Crippen molar-refractivity contribution < 1.29 is 28.1 Å². The molecule has 6 heteroatoms. The molecule has 0 bridgehead atoms. The van der Waals surface area contributed by atoms with Crippen molar-refractivity contribution >= 4 is 5.78 Å². The molecule has 5 nitrogen and oxygen atoms in total. The van der Waals surface area contributed by atoms with Crippen molar-refractivity contribution in [2.24, 2.45) is 5.92 Å². The molecule has 3 aliphatic rings. The second kappa shape index (κ2) is 6.04. The van der Waals surface area contributed by atoms with Gasteiger partial charge in [-0.15, -0.1) is 0 Å². The summed E-state index contributed by atoms with van der Waals surface area (Å²) in [6, 6.07) is 9.59. The number of halogens is 1. The van der Waals surface area contributed by atoms with E-state index in [0.717, 1.165) is 5.75 Å². The normalized spacial score (nSPS) is 42.4. The molecule has 1 aromatic rings. The van der Waals surface area contributed by atoms with Crippen LogP contribution in [-0.4, -0.2) is 55.7 Å². The van der Waals surface area contributed by atoms with Crippen LogP contribution in [0.1, 0.15) is 19.8 Å². The minimum absolute atomic E-state index is 0.0519. The summed E-state index contributed by atoms with van der Waals surface area (Å²) in [5, 5.41) is 0. The Balaban J connectivity index is 1.41. The van der Waals surface area contributed by atoms with E-state index in [4.69, 9.17) is 18.9 Å². The molecule has 0 radical (unpaired) electrons. The molecule has 1 unspecified atom stereocenters. The van der Waals surface area contributed by atoms with Crippen LogP contribution in [-0.2, 0) is 19.0 Å². The monoisotopic (exact) mass is 350 g/mol. The molecule has 1 spiro atoms. The first-order valence-electron chi connectivity index (χ1n) is 8.70. The third kappa shape index (κ3) is 2.86. The van der Waals surface area contributed by atoms with Gasteiger partial charge in [-0.2, -0.15) is 0 Å². The lowest BCUT2D eigenvalue weighted by molar-refractivity contribution is -0.150. The van der Waals surface area contributed by atoms with E-state index in [2.05, 4.69) is 0 Å². The van der Waals surface area contributed by atoms with Crippen LogP contribution in [0.3, 0.4) is 0 Å². The number of hydrogen-bond donors (Lipinski definition) is 0. The number of hydrogen-bond acceptors (Lipinski definition) is 5. The van der Waals surface area contributed by atoms with Crippen molar-refractivity contribution in [3.8, 4) is 5.75 Å². The van der Waals surface area contributed by atoms with Crippen molar-refractivity contribution in [2.45, 2.75) is 49.3 Å². The summed E-state index contributed by atoms with van der Waals surface area (Å²) in [4.78, 5) is 12.2. The predicted octanol–water partition coefficient (Wildman–Crippen LogP) is 2.32. The van der Waals surface area contributed by atoms with Crippen LogP contribution in [0, 0.1) is 5.92 Å². The molecule has 6 atom stereocenters. The van der Waals surface area contributed by atoms with Crippen LogP contribution in [0.15, 0.2) is 30.3 Å². The van der Waals surface area contributed by atoms with Gasteiger partial charge >= 0.3 is 0 Å². The number of rotatable bonds is 6. The van der Waals surface area contributed by atoms with E-state index in [0.29, 0.717) is 19.6 Å². The van der Waals surface area contributed by atoms with Crippen molar-refractivity contribution in [2.75, 3.05) is 20.3 Å². The predicted molar refractivity (Wildman–Crippen MR) is 87.3 cm³/mol. The number of ether oxygens (including phenoxy) is 4. The second-order valence-electron chi connectivity index (χ2n) is 7.30. The van der Waals surface area contributed by atoms with Gasteiger partial charge in [-0.1, -0.05) is 18.2 Å². The number of alkyl halides is 1. The number of carbonyl (C=O) groups excluding carboxylic acids is 1. The van der Waals surface area contributed by atoms with Gasteiger partial charge in [-0.25, -0.2) is 4.39 Å². The zero-order valence-electron chi connectivity index (χ0n) is 14.4. The number of para-hydroxylation sites is 1. The Morgan fingerprint density at radius 1 is 1.32 bits per heavy atom. The van der Waals surface area contributed by atoms with E-state index in [1.165, 1.54) is 7.11 Å². The molecular formula is C19H23FO5. The van der Waals surface area contributed by atoms with Crippen molar-refractivity contribution in [3.63, 3.8) is 0 Å². The molecule has 2 aliphatic heterocycles. The van der Waals surface area contributed by atoms with Crippen LogP contribution < -0.4 is 4.74 Å². The van der Waals surface area contributed by atoms with E-state index < -0.39 is 29.3 Å². The minimum atomic E-state index is -1.52. The van der Waals surface area contributed by atoms with Gasteiger partial charge in [0.1, 0.15) is 23.1 Å². The molecule has 1 aromatic carbocycles. The van der Waals surface area contributed by atoms with E-state index in [9.17, 15) is 9.18 Å². The SMILES string of the molecule is CO[C@@H]1C(=O)[C@@H](F)C[C@]2(CO2)[C@H]1C1(C)O[C@@H]1CCOc1ccccc1. The number of benzene rings is 1. The summed E-state index contributed by atoms with van der Waals surface area (Å²) in [6.45, 7) is 2.94. The van der Waals surface area contributed by atoms with Crippen molar-refractivity contribution in [1.82, 2.24) is 0 Å². The van der Waals surface area contributed by atoms with E-state index in [-0.39, 0.29) is 18.4 Å². The van der Waals surface area contributed by atoms with Gasteiger partial charge in [-0.05, 0) is 19.1 Å². The summed E-state index contributed by atoms with van der Waals surface area (Å²) < 4.78 is 36.7. The van der Waals surface area contributed by atoms with Gasteiger partial charge in [-0.3, -0.25) is 4.79 Å². The van der Waals surface area contributed by atoms with E-state index in [1.54, 1.807) is 0 Å². The molecule has 0 N–H and O–H groups in total. The maximum absolute atomic E-state index is 14.0. The highest BCUT2D eigenvalue weighted by Gasteiger charge is 2.73.